The molecule has 0 saturated carbocycles. The van der Waals surface area contributed by atoms with Crippen LogP contribution in [0, 0.1) is 10.1 Å². The van der Waals surface area contributed by atoms with Gasteiger partial charge in [0.05, 0.1) is 21.3 Å². The molecule has 0 saturated heterocycles. The number of carbonyl (C=O) groups is 1. The number of hydrogen-bond donors (Lipinski definition) is 0. The summed E-state index contributed by atoms with van der Waals surface area (Å²) in [6.07, 6.45) is 0.678. The molecule has 9 heteroatoms. The number of nitro groups is 1. The van der Waals surface area contributed by atoms with E-state index in [4.69, 9.17) is 9.47 Å². The van der Waals surface area contributed by atoms with Gasteiger partial charge in [-0.25, -0.2) is 4.79 Å². The maximum atomic E-state index is 11.5. The van der Waals surface area contributed by atoms with Crippen LogP contribution in [0.5, 0.6) is 5.75 Å². The van der Waals surface area contributed by atoms with Crippen molar-refractivity contribution in [3.8, 4) is 5.75 Å². The highest BCUT2D eigenvalue weighted by molar-refractivity contribution is 9.10. The number of benzene rings is 1. The van der Waals surface area contributed by atoms with Crippen molar-refractivity contribution in [1.82, 2.24) is 9.78 Å². The Balaban J connectivity index is 1.91. The van der Waals surface area contributed by atoms with Crippen LogP contribution < -0.4 is 4.74 Å². The first-order valence-electron chi connectivity index (χ1n) is 5.73. The zero-order valence-corrected chi connectivity index (χ0v) is 12.4. The number of ether oxygens (including phenoxy) is 2. The summed E-state index contributed by atoms with van der Waals surface area (Å²) in [6.45, 7) is -0.0110. The van der Waals surface area contributed by atoms with Gasteiger partial charge in [0.15, 0.2) is 0 Å². The lowest BCUT2D eigenvalue weighted by Crippen LogP contribution is -2.12. The lowest BCUT2D eigenvalue weighted by molar-refractivity contribution is -0.384. The second-order valence-electron chi connectivity index (χ2n) is 3.95. The predicted octanol–water partition coefficient (Wildman–Crippen LogP) is 2.81. The van der Waals surface area contributed by atoms with E-state index >= 15 is 0 Å². The van der Waals surface area contributed by atoms with Gasteiger partial charge in [0.25, 0.3) is 5.69 Å². The molecule has 0 fully saturated rings. The van der Waals surface area contributed by atoms with Gasteiger partial charge in [-0.3, -0.25) is 14.8 Å². The molecular formula is C12H10BrN3O5. The Labute approximate surface area is 127 Å². The second-order valence-corrected chi connectivity index (χ2v) is 4.81. The predicted molar refractivity (Wildman–Crippen MR) is 74.8 cm³/mol. The van der Waals surface area contributed by atoms with Crippen LogP contribution in [0.25, 0.3) is 0 Å². The molecule has 1 aromatic carbocycles. The Morgan fingerprint density at radius 1 is 1.43 bits per heavy atom. The van der Waals surface area contributed by atoms with E-state index in [1.165, 1.54) is 24.3 Å². The van der Waals surface area contributed by atoms with Gasteiger partial charge < -0.3 is 9.47 Å². The van der Waals surface area contributed by atoms with Crippen molar-refractivity contribution in [2.24, 2.45) is 7.05 Å². The average Bonchev–Trinajstić information content (AvgIpc) is 2.76. The van der Waals surface area contributed by atoms with Crippen molar-refractivity contribution in [3.63, 3.8) is 0 Å². The number of halogens is 1. The van der Waals surface area contributed by atoms with E-state index < -0.39 is 11.1 Å². The van der Waals surface area contributed by atoms with Gasteiger partial charge in [-0.15, -0.1) is 0 Å². The number of carbonyl (C=O) groups excluding carboxylic acids is 1. The van der Waals surface area contributed by atoms with E-state index in [1.807, 2.05) is 0 Å². The van der Waals surface area contributed by atoms with Crippen molar-refractivity contribution >= 4 is 27.8 Å². The Hall–Kier alpha value is -2.42. The van der Waals surface area contributed by atoms with E-state index in [0.717, 1.165) is 0 Å². The first-order chi connectivity index (χ1) is 9.97. The quantitative estimate of drug-likeness (QED) is 0.362. The molecule has 1 heterocycles. The van der Waals surface area contributed by atoms with Crippen molar-refractivity contribution in [2.75, 3.05) is 0 Å². The molecule has 0 N–H and O–H groups in total. The first-order valence-corrected chi connectivity index (χ1v) is 6.52. The molecule has 0 aliphatic heterocycles. The normalized spacial score (nSPS) is 10.2. The summed E-state index contributed by atoms with van der Waals surface area (Å²) in [6, 6.07) is 5.11. The molecule has 1 aromatic heterocycles. The molecule has 0 amide bonds. The molecule has 2 aromatic rings. The summed E-state index contributed by atoms with van der Waals surface area (Å²) in [5.41, 5.74) is 0.588. The minimum atomic E-state index is -0.906. The number of aromatic nitrogens is 2. The summed E-state index contributed by atoms with van der Waals surface area (Å²) in [7, 11) is 1.71. The molecule has 2 rings (SSSR count). The molecular weight excluding hydrogens is 346 g/mol. The van der Waals surface area contributed by atoms with Crippen LogP contribution in [0.3, 0.4) is 0 Å². The Bertz CT molecular complexity index is 649. The Morgan fingerprint density at radius 3 is 2.62 bits per heavy atom. The fourth-order valence-corrected chi connectivity index (χ4v) is 1.95. The van der Waals surface area contributed by atoms with Crippen molar-refractivity contribution in [3.05, 3.63) is 50.7 Å². The standard InChI is InChI=1S/C12H10BrN3O5/c1-15-11(10(13)6-14-15)7-20-12(17)21-9-4-2-8(3-5-9)16(18)19/h2-6H,7H2,1H3. The van der Waals surface area contributed by atoms with E-state index in [9.17, 15) is 14.9 Å². The lowest BCUT2D eigenvalue weighted by atomic mass is 10.3. The van der Waals surface area contributed by atoms with Crippen LogP contribution >= 0.6 is 15.9 Å². The smallest absolute Gasteiger partial charge is 0.427 e. The van der Waals surface area contributed by atoms with Crippen LogP contribution in [0.15, 0.2) is 34.9 Å². The molecule has 0 radical (unpaired) electrons. The lowest BCUT2D eigenvalue weighted by Gasteiger charge is -2.06. The molecule has 110 valence electrons. The highest BCUT2D eigenvalue weighted by atomic mass is 79.9. The van der Waals surface area contributed by atoms with Gasteiger partial charge in [-0.05, 0) is 28.1 Å². The van der Waals surface area contributed by atoms with Crippen LogP contribution in [-0.2, 0) is 18.4 Å². The number of hydrogen-bond acceptors (Lipinski definition) is 6. The van der Waals surface area contributed by atoms with E-state index in [1.54, 1.807) is 17.9 Å². The molecule has 0 aliphatic carbocycles. The van der Waals surface area contributed by atoms with Gasteiger partial charge >= 0.3 is 6.16 Å². The summed E-state index contributed by atoms with van der Waals surface area (Å²) in [4.78, 5) is 21.5. The zero-order chi connectivity index (χ0) is 15.4. The van der Waals surface area contributed by atoms with Crippen molar-refractivity contribution < 1.29 is 19.2 Å². The van der Waals surface area contributed by atoms with Gasteiger partial charge in [-0.1, -0.05) is 0 Å². The van der Waals surface area contributed by atoms with Crippen molar-refractivity contribution in [1.29, 1.82) is 0 Å². The van der Waals surface area contributed by atoms with Crippen LogP contribution in [0.2, 0.25) is 0 Å². The van der Waals surface area contributed by atoms with Gasteiger partial charge in [-0.2, -0.15) is 5.10 Å². The number of rotatable bonds is 4. The van der Waals surface area contributed by atoms with Gasteiger partial charge in [0.2, 0.25) is 0 Å². The minimum absolute atomic E-state index is 0.0110. The number of non-ortho nitro benzene ring substituents is 1. The number of aryl methyl sites for hydroxylation is 1. The SMILES string of the molecule is Cn1ncc(Br)c1COC(=O)Oc1ccc([N+](=O)[O-])cc1. The maximum absolute atomic E-state index is 11.5. The highest BCUT2D eigenvalue weighted by Gasteiger charge is 2.12. The Kier molecular flexibility index (Phi) is 4.53. The largest absolute Gasteiger partial charge is 0.514 e. The summed E-state index contributed by atoms with van der Waals surface area (Å²) in [5, 5.41) is 14.5. The average molecular weight is 356 g/mol. The van der Waals surface area contributed by atoms with Crippen LogP contribution in [0.1, 0.15) is 5.69 Å². The minimum Gasteiger partial charge on any atom is -0.427 e. The zero-order valence-electron chi connectivity index (χ0n) is 10.9. The summed E-state index contributed by atoms with van der Waals surface area (Å²) < 4.78 is 12.1. The van der Waals surface area contributed by atoms with Crippen molar-refractivity contribution in [2.45, 2.75) is 6.61 Å². The second kappa shape index (κ2) is 6.35. The van der Waals surface area contributed by atoms with Gasteiger partial charge in [0.1, 0.15) is 12.4 Å². The first kappa shape index (κ1) is 15.0. The molecule has 8 nitrogen and oxygen atoms in total. The molecule has 21 heavy (non-hydrogen) atoms. The number of nitro benzene ring substituents is 1. The molecule has 0 unspecified atom stereocenters. The van der Waals surface area contributed by atoms with E-state index in [-0.39, 0.29) is 18.0 Å². The monoisotopic (exact) mass is 355 g/mol. The molecule has 0 atom stereocenters. The van der Waals surface area contributed by atoms with Crippen LogP contribution in [-0.4, -0.2) is 20.9 Å². The van der Waals surface area contributed by atoms with E-state index in [2.05, 4.69) is 21.0 Å². The Morgan fingerprint density at radius 2 is 2.10 bits per heavy atom. The highest BCUT2D eigenvalue weighted by Crippen LogP contribution is 2.19. The van der Waals surface area contributed by atoms with Gasteiger partial charge in [0, 0.05) is 19.2 Å². The maximum Gasteiger partial charge on any atom is 0.514 e. The third-order valence-electron chi connectivity index (χ3n) is 2.59. The van der Waals surface area contributed by atoms with Crippen LogP contribution in [0.4, 0.5) is 10.5 Å². The van der Waals surface area contributed by atoms with E-state index in [0.29, 0.717) is 10.2 Å². The summed E-state index contributed by atoms with van der Waals surface area (Å²) in [5.74, 6) is 0.162. The molecule has 0 aliphatic rings. The topological polar surface area (TPSA) is 96.5 Å². The number of nitrogens with zero attached hydrogens (tertiary/aromatic N) is 3. The fourth-order valence-electron chi connectivity index (χ4n) is 1.49. The molecule has 0 bridgehead atoms. The fraction of sp³-hybridized carbons (Fsp3) is 0.167. The third-order valence-corrected chi connectivity index (χ3v) is 3.25. The molecule has 0 spiro atoms. The summed E-state index contributed by atoms with van der Waals surface area (Å²) >= 11 is 3.28. The third kappa shape index (κ3) is 3.78.